The zero-order valence-electron chi connectivity index (χ0n) is 19.8. The number of carbonyl (C=O) groups excluding carboxylic acids is 3. The number of urea groups is 1. The second-order valence-electron chi connectivity index (χ2n) is 8.79. The molecular weight excluding hydrogens is 428 g/mol. The number of aryl methyl sites for hydroxylation is 1. The summed E-state index contributed by atoms with van der Waals surface area (Å²) in [4.78, 5) is 29.2. The summed E-state index contributed by atoms with van der Waals surface area (Å²) < 4.78 is 1.79. The fourth-order valence-corrected chi connectivity index (χ4v) is 3.51. The summed E-state index contributed by atoms with van der Waals surface area (Å²) in [7, 11) is 0. The minimum Gasteiger partial charge on any atom is -0.307 e. The second kappa shape index (κ2) is 10.6. The Balaban J connectivity index is 0.00000103. The number of carbonyl (C=O) groups is 1. The topological polar surface area (TPSA) is 93.1 Å². The lowest BCUT2D eigenvalue weighted by atomic mass is 9.92. The van der Waals surface area contributed by atoms with Gasteiger partial charge in [-0.05, 0) is 35.6 Å². The van der Waals surface area contributed by atoms with Gasteiger partial charge in [0.1, 0.15) is 5.82 Å². The molecule has 0 aliphatic rings. The number of hydrogen-bond acceptors (Lipinski definition) is 4. The van der Waals surface area contributed by atoms with Crippen molar-refractivity contribution in [3.63, 3.8) is 0 Å². The first-order chi connectivity index (χ1) is 16.3. The van der Waals surface area contributed by atoms with E-state index in [-0.39, 0.29) is 17.6 Å². The fraction of sp³-hybridized carbons (Fsp3) is 0.222. The number of hydrogen-bond donors (Lipinski definition) is 2. The number of benzene rings is 3. The van der Waals surface area contributed by atoms with Gasteiger partial charge in [-0.15, -0.1) is 0 Å². The van der Waals surface area contributed by atoms with Crippen molar-refractivity contribution >= 4 is 34.5 Å². The molecule has 0 aliphatic heterocycles. The van der Waals surface area contributed by atoms with Crippen molar-refractivity contribution < 1.29 is 14.4 Å². The van der Waals surface area contributed by atoms with Crippen LogP contribution in [0.1, 0.15) is 39.0 Å². The highest BCUT2D eigenvalue weighted by molar-refractivity contribution is 6.06. The van der Waals surface area contributed by atoms with Crippen LogP contribution in [0.2, 0.25) is 0 Å². The van der Waals surface area contributed by atoms with Crippen LogP contribution >= 0.6 is 0 Å². The van der Waals surface area contributed by atoms with Crippen molar-refractivity contribution in [1.29, 1.82) is 0 Å². The maximum absolute atomic E-state index is 12.9. The van der Waals surface area contributed by atoms with E-state index in [9.17, 15) is 4.79 Å². The van der Waals surface area contributed by atoms with E-state index in [0.29, 0.717) is 5.82 Å². The Bertz CT molecular complexity index is 1310. The van der Waals surface area contributed by atoms with E-state index in [4.69, 9.17) is 14.7 Å². The van der Waals surface area contributed by atoms with Crippen LogP contribution in [-0.2, 0) is 21.4 Å². The molecule has 0 saturated heterocycles. The van der Waals surface area contributed by atoms with Crippen LogP contribution < -0.4 is 10.6 Å². The number of anilines is 2. The maximum Gasteiger partial charge on any atom is 0.373 e. The van der Waals surface area contributed by atoms with Gasteiger partial charge in [-0.1, -0.05) is 76.2 Å². The smallest absolute Gasteiger partial charge is 0.307 e. The number of amides is 2. The summed E-state index contributed by atoms with van der Waals surface area (Å²) >= 11 is 0. The van der Waals surface area contributed by atoms with Crippen molar-refractivity contribution in [1.82, 2.24) is 9.78 Å². The van der Waals surface area contributed by atoms with Gasteiger partial charge < -0.3 is 5.32 Å². The van der Waals surface area contributed by atoms with E-state index >= 15 is 0 Å². The third-order valence-electron chi connectivity index (χ3n) is 5.35. The van der Waals surface area contributed by atoms with Crippen LogP contribution in [0.3, 0.4) is 0 Å². The van der Waals surface area contributed by atoms with Crippen molar-refractivity contribution in [2.45, 2.75) is 39.5 Å². The Kier molecular flexibility index (Phi) is 7.61. The van der Waals surface area contributed by atoms with Crippen LogP contribution in [-0.4, -0.2) is 22.0 Å². The summed E-state index contributed by atoms with van der Waals surface area (Å²) in [6, 6.07) is 23.8. The fourth-order valence-electron chi connectivity index (χ4n) is 3.51. The van der Waals surface area contributed by atoms with E-state index in [2.05, 4.69) is 50.5 Å². The molecule has 4 aromatic rings. The Morgan fingerprint density at radius 2 is 1.59 bits per heavy atom. The molecule has 0 radical (unpaired) electrons. The molecule has 0 aliphatic carbocycles. The maximum atomic E-state index is 12.9. The van der Waals surface area contributed by atoms with E-state index in [1.54, 1.807) is 4.68 Å². The standard InChI is InChI=1S/C26H28N4O.CO2/c1-5-18-13-15-20(16-14-18)30-24(17-23(29-30)26(2,3)4)28-25(31)27-22-12-8-10-19-9-6-7-11-21(19)22;2-1-3/h6-17H,5H2,1-4H3,(H2,27,28,31);. The predicted octanol–water partition coefficient (Wildman–Crippen LogP) is 5.95. The third-order valence-corrected chi connectivity index (χ3v) is 5.35. The highest BCUT2D eigenvalue weighted by Gasteiger charge is 2.21. The largest absolute Gasteiger partial charge is 0.373 e. The van der Waals surface area contributed by atoms with Gasteiger partial charge in [-0.3, -0.25) is 5.32 Å². The van der Waals surface area contributed by atoms with Gasteiger partial charge in [0.25, 0.3) is 0 Å². The Morgan fingerprint density at radius 3 is 2.24 bits per heavy atom. The minimum atomic E-state index is -0.303. The molecule has 4 rings (SSSR count). The van der Waals surface area contributed by atoms with Crippen molar-refractivity contribution in [2.75, 3.05) is 10.6 Å². The van der Waals surface area contributed by atoms with Crippen LogP contribution in [0.5, 0.6) is 0 Å². The van der Waals surface area contributed by atoms with Crippen LogP contribution in [0.4, 0.5) is 16.3 Å². The molecule has 0 unspecified atom stereocenters. The second-order valence-corrected chi connectivity index (χ2v) is 8.79. The van der Waals surface area contributed by atoms with E-state index in [0.717, 1.165) is 34.3 Å². The zero-order valence-corrected chi connectivity index (χ0v) is 19.8. The Hall–Kier alpha value is -4.22. The predicted molar refractivity (Wildman–Crippen MR) is 133 cm³/mol. The molecule has 7 heteroatoms. The van der Waals surface area contributed by atoms with E-state index < -0.39 is 0 Å². The van der Waals surface area contributed by atoms with Crippen LogP contribution in [0, 0.1) is 0 Å². The highest BCUT2D eigenvalue weighted by Crippen LogP contribution is 2.27. The summed E-state index contributed by atoms with van der Waals surface area (Å²) in [5.74, 6) is 0.631. The van der Waals surface area contributed by atoms with Crippen molar-refractivity contribution in [3.05, 3.63) is 84.1 Å². The molecule has 7 nitrogen and oxygen atoms in total. The molecule has 1 heterocycles. The monoisotopic (exact) mass is 456 g/mol. The molecule has 0 fully saturated rings. The SMILES string of the molecule is CCc1ccc(-n2nc(C(C)(C)C)cc2NC(=O)Nc2cccc3ccccc23)cc1.O=C=O. The molecule has 3 aromatic carbocycles. The summed E-state index contributed by atoms with van der Waals surface area (Å²) in [6.45, 7) is 8.46. The molecule has 34 heavy (non-hydrogen) atoms. The van der Waals surface area contributed by atoms with Crippen LogP contribution in [0.15, 0.2) is 72.8 Å². The normalized spacial score (nSPS) is 10.7. The molecule has 0 spiro atoms. The van der Waals surface area contributed by atoms with E-state index in [1.807, 2.05) is 60.7 Å². The molecule has 0 bridgehead atoms. The quantitative estimate of drug-likeness (QED) is 0.397. The number of rotatable bonds is 4. The Morgan fingerprint density at radius 1 is 0.941 bits per heavy atom. The molecule has 1 aromatic heterocycles. The van der Waals surface area contributed by atoms with Gasteiger partial charge in [0.15, 0.2) is 0 Å². The number of nitrogens with one attached hydrogen (secondary N) is 2. The first-order valence-electron chi connectivity index (χ1n) is 11.0. The van der Waals surface area contributed by atoms with Crippen molar-refractivity contribution in [3.8, 4) is 5.69 Å². The molecule has 174 valence electrons. The number of fused-ring (bicyclic) bond motifs is 1. The lowest BCUT2D eigenvalue weighted by molar-refractivity contribution is -0.191. The van der Waals surface area contributed by atoms with Gasteiger partial charge in [0.05, 0.1) is 17.1 Å². The minimum absolute atomic E-state index is 0.142. The van der Waals surface area contributed by atoms with Gasteiger partial charge in [0.2, 0.25) is 0 Å². The van der Waals surface area contributed by atoms with E-state index in [1.165, 1.54) is 5.56 Å². The first kappa shape index (κ1) is 24.4. The zero-order chi connectivity index (χ0) is 24.7. The van der Waals surface area contributed by atoms with Gasteiger partial charge in [-0.25, -0.2) is 9.48 Å². The average Bonchev–Trinajstić information content (AvgIpc) is 3.24. The van der Waals surface area contributed by atoms with Gasteiger partial charge in [0, 0.05) is 16.9 Å². The molecule has 2 N–H and O–H groups in total. The molecule has 2 amide bonds. The number of aromatic nitrogens is 2. The molecule has 0 atom stereocenters. The molecular formula is C27H28N4O3. The Labute approximate surface area is 198 Å². The first-order valence-corrected chi connectivity index (χ1v) is 11.0. The lowest BCUT2D eigenvalue weighted by Gasteiger charge is -2.14. The van der Waals surface area contributed by atoms with Gasteiger partial charge >= 0.3 is 12.2 Å². The summed E-state index contributed by atoms with van der Waals surface area (Å²) in [5, 5.41) is 12.9. The van der Waals surface area contributed by atoms with Gasteiger partial charge in [-0.2, -0.15) is 14.7 Å². The third kappa shape index (κ3) is 5.77. The highest BCUT2D eigenvalue weighted by atomic mass is 16.2. The molecule has 0 saturated carbocycles. The van der Waals surface area contributed by atoms with Crippen molar-refractivity contribution in [2.24, 2.45) is 0 Å². The summed E-state index contributed by atoms with van der Waals surface area (Å²) in [6.07, 6.45) is 1.23. The average molecular weight is 457 g/mol. The summed E-state index contributed by atoms with van der Waals surface area (Å²) in [5.41, 5.74) is 3.71. The van der Waals surface area contributed by atoms with Crippen LogP contribution in [0.25, 0.3) is 16.5 Å². The number of nitrogens with zero attached hydrogens (tertiary/aromatic N) is 2. The lowest BCUT2D eigenvalue weighted by Crippen LogP contribution is -2.21.